The number of aryl methyl sites for hydroxylation is 3. The minimum Gasteiger partial charge on any atom is -0.454 e. The molecule has 0 bridgehead atoms. The summed E-state index contributed by atoms with van der Waals surface area (Å²) in [5.41, 5.74) is 3.30. The van der Waals surface area contributed by atoms with Gasteiger partial charge in [0, 0.05) is 13.1 Å². The second-order valence-corrected chi connectivity index (χ2v) is 9.73. The number of nitrogens with zero attached hydrogens (tertiary/aromatic N) is 1. The molecule has 7 nitrogen and oxygen atoms in total. The predicted molar refractivity (Wildman–Crippen MR) is 112 cm³/mol. The van der Waals surface area contributed by atoms with Crippen molar-refractivity contribution in [2.75, 3.05) is 13.3 Å². The molecule has 2 aliphatic rings. The Morgan fingerprint density at radius 2 is 1.80 bits per heavy atom. The highest BCUT2D eigenvalue weighted by Crippen LogP contribution is 2.33. The maximum atomic E-state index is 13.4. The standard InChI is InChI=1S/C22H26N2O5S/c1-14-9-15(2)21(16(3)10-14)30(26,27)24-8-4-5-18(24)22(25)23-12-17-6-7-19-20(11-17)29-13-28-19/h6-7,9-11,18H,4-5,8,12-13H2,1-3H3,(H,23,25)/t18-/m0/s1. The summed E-state index contributed by atoms with van der Waals surface area (Å²) in [4.78, 5) is 13.2. The maximum Gasteiger partial charge on any atom is 0.244 e. The van der Waals surface area contributed by atoms with Crippen LogP contribution in [0.3, 0.4) is 0 Å². The number of carbonyl (C=O) groups is 1. The van der Waals surface area contributed by atoms with Crippen LogP contribution in [0, 0.1) is 20.8 Å². The van der Waals surface area contributed by atoms with Gasteiger partial charge in [-0.2, -0.15) is 4.31 Å². The fourth-order valence-corrected chi connectivity index (χ4v) is 6.41. The summed E-state index contributed by atoms with van der Waals surface area (Å²) >= 11 is 0. The fourth-order valence-electron chi connectivity index (χ4n) is 4.34. The van der Waals surface area contributed by atoms with Crippen LogP contribution >= 0.6 is 0 Å². The normalized spacial score (nSPS) is 18.6. The Bertz CT molecular complexity index is 1070. The first-order valence-corrected chi connectivity index (χ1v) is 11.5. The van der Waals surface area contributed by atoms with Crippen LogP contribution in [0.2, 0.25) is 0 Å². The average molecular weight is 431 g/mol. The van der Waals surface area contributed by atoms with Gasteiger partial charge in [-0.15, -0.1) is 0 Å². The Kier molecular flexibility index (Phi) is 5.46. The molecule has 160 valence electrons. The number of carbonyl (C=O) groups excluding carboxylic acids is 1. The van der Waals surface area contributed by atoms with Crippen molar-refractivity contribution in [3.05, 3.63) is 52.6 Å². The molecule has 0 saturated carbocycles. The number of hydrogen-bond donors (Lipinski definition) is 1. The number of ether oxygens (including phenoxy) is 2. The molecule has 2 aromatic rings. The number of nitrogens with one attached hydrogen (secondary N) is 1. The molecule has 0 unspecified atom stereocenters. The summed E-state index contributed by atoms with van der Waals surface area (Å²) in [5.74, 6) is 1.05. The molecular formula is C22H26N2O5S. The highest BCUT2D eigenvalue weighted by Gasteiger charge is 2.40. The average Bonchev–Trinajstić information content (AvgIpc) is 3.34. The molecule has 4 rings (SSSR count). The summed E-state index contributed by atoms with van der Waals surface area (Å²) in [7, 11) is -3.77. The SMILES string of the molecule is Cc1cc(C)c(S(=O)(=O)N2CCC[C@H]2C(=O)NCc2ccc3c(c2)OCO3)c(C)c1. The third-order valence-corrected chi connectivity index (χ3v) is 7.80. The summed E-state index contributed by atoms with van der Waals surface area (Å²) in [6, 6.07) is 8.51. The minimum absolute atomic E-state index is 0.192. The number of fused-ring (bicyclic) bond motifs is 1. The molecule has 2 aliphatic heterocycles. The van der Waals surface area contributed by atoms with Crippen molar-refractivity contribution in [1.29, 1.82) is 0 Å². The second kappa shape index (κ2) is 7.92. The molecule has 1 saturated heterocycles. The summed E-state index contributed by atoms with van der Waals surface area (Å²) in [6.45, 7) is 6.38. The van der Waals surface area contributed by atoms with E-state index in [9.17, 15) is 13.2 Å². The molecule has 30 heavy (non-hydrogen) atoms. The van der Waals surface area contributed by atoms with Gasteiger partial charge in [0.25, 0.3) is 0 Å². The van der Waals surface area contributed by atoms with E-state index in [4.69, 9.17) is 9.47 Å². The van der Waals surface area contributed by atoms with Crippen molar-refractivity contribution in [3.8, 4) is 11.5 Å². The van der Waals surface area contributed by atoms with Crippen LogP contribution < -0.4 is 14.8 Å². The summed E-state index contributed by atoms with van der Waals surface area (Å²) in [5, 5.41) is 2.88. The first kappa shape index (κ1) is 20.7. The van der Waals surface area contributed by atoms with Crippen molar-refractivity contribution in [3.63, 3.8) is 0 Å². The van der Waals surface area contributed by atoms with E-state index in [2.05, 4.69) is 5.32 Å². The van der Waals surface area contributed by atoms with Crippen LogP contribution in [0.25, 0.3) is 0 Å². The topological polar surface area (TPSA) is 84.9 Å². The molecule has 0 radical (unpaired) electrons. The van der Waals surface area contributed by atoms with Crippen molar-refractivity contribution in [2.45, 2.75) is 51.1 Å². The highest BCUT2D eigenvalue weighted by molar-refractivity contribution is 7.89. The molecule has 1 fully saturated rings. The first-order valence-electron chi connectivity index (χ1n) is 10.0. The third-order valence-electron chi connectivity index (χ3n) is 5.58. The molecule has 1 amide bonds. The monoisotopic (exact) mass is 430 g/mol. The highest BCUT2D eigenvalue weighted by atomic mass is 32.2. The molecule has 0 aliphatic carbocycles. The molecule has 1 N–H and O–H groups in total. The molecule has 0 aromatic heterocycles. The van der Waals surface area contributed by atoms with Gasteiger partial charge in [0.15, 0.2) is 11.5 Å². The molecule has 2 heterocycles. The molecular weight excluding hydrogens is 404 g/mol. The van der Waals surface area contributed by atoms with Gasteiger partial charge >= 0.3 is 0 Å². The van der Waals surface area contributed by atoms with Crippen LogP contribution in [0.15, 0.2) is 35.2 Å². The van der Waals surface area contributed by atoms with E-state index >= 15 is 0 Å². The third kappa shape index (κ3) is 3.77. The van der Waals surface area contributed by atoms with Gasteiger partial charge in [-0.25, -0.2) is 8.42 Å². The van der Waals surface area contributed by atoms with E-state index in [0.29, 0.717) is 53.5 Å². The summed E-state index contributed by atoms with van der Waals surface area (Å²) in [6.07, 6.45) is 1.17. The number of rotatable bonds is 5. The molecule has 8 heteroatoms. The first-order chi connectivity index (χ1) is 14.3. The maximum absolute atomic E-state index is 13.4. The zero-order valence-electron chi connectivity index (χ0n) is 17.4. The zero-order valence-corrected chi connectivity index (χ0v) is 18.2. The van der Waals surface area contributed by atoms with Gasteiger partial charge in [0.1, 0.15) is 6.04 Å². The number of amides is 1. The lowest BCUT2D eigenvalue weighted by Crippen LogP contribution is -2.45. The molecule has 2 aromatic carbocycles. The Balaban J connectivity index is 1.51. The van der Waals surface area contributed by atoms with Gasteiger partial charge in [0.05, 0.1) is 4.90 Å². The molecule has 1 atom stereocenters. The van der Waals surface area contributed by atoms with Crippen molar-refractivity contribution in [2.24, 2.45) is 0 Å². The minimum atomic E-state index is -3.77. The van der Waals surface area contributed by atoms with E-state index in [1.165, 1.54) is 4.31 Å². The van der Waals surface area contributed by atoms with Gasteiger partial charge in [-0.3, -0.25) is 4.79 Å². The van der Waals surface area contributed by atoms with E-state index < -0.39 is 16.1 Å². The predicted octanol–water partition coefficient (Wildman–Crippen LogP) is 2.81. The van der Waals surface area contributed by atoms with E-state index in [0.717, 1.165) is 11.1 Å². The Labute approximate surface area is 177 Å². The lowest BCUT2D eigenvalue weighted by atomic mass is 10.1. The van der Waals surface area contributed by atoms with Gasteiger partial charge in [0.2, 0.25) is 22.7 Å². The van der Waals surface area contributed by atoms with E-state index in [1.54, 1.807) is 19.9 Å². The van der Waals surface area contributed by atoms with Crippen LogP contribution in [0.4, 0.5) is 0 Å². The van der Waals surface area contributed by atoms with Gasteiger partial charge in [-0.1, -0.05) is 23.8 Å². The van der Waals surface area contributed by atoms with Crippen LogP contribution in [-0.2, 0) is 21.4 Å². The van der Waals surface area contributed by atoms with Crippen LogP contribution in [0.1, 0.15) is 35.1 Å². The quantitative estimate of drug-likeness (QED) is 0.789. The van der Waals surface area contributed by atoms with Crippen molar-refractivity contribution < 1.29 is 22.7 Å². The van der Waals surface area contributed by atoms with Crippen molar-refractivity contribution in [1.82, 2.24) is 9.62 Å². The Morgan fingerprint density at radius 1 is 1.10 bits per heavy atom. The van der Waals surface area contributed by atoms with E-state index in [-0.39, 0.29) is 12.7 Å². The van der Waals surface area contributed by atoms with Crippen LogP contribution in [-0.4, -0.2) is 38.0 Å². The lowest BCUT2D eigenvalue weighted by molar-refractivity contribution is -0.124. The fraction of sp³-hybridized carbons (Fsp3) is 0.409. The molecule has 0 spiro atoms. The smallest absolute Gasteiger partial charge is 0.244 e. The second-order valence-electron chi connectivity index (χ2n) is 7.91. The Hall–Kier alpha value is -2.58. The largest absolute Gasteiger partial charge is 0.454 e. The van der Waals surface area contributed by atoms with Crippen molar-refractivity contribution >= 4 is 15.9 Å². The van der Waals surface area contributed by atoms with E-state index in [1.807, 2.05) is 31.2 Å². The van der Waals surface area contributed by atoms with Crippen LogP contribution in [0.5, 0.6) is 11.5 Å². The Morgan fingerprint density at radius 3 is 2.53 bits per heavy atom. The van der Waals surface area contributed by atoms with Gasteiger partial charge in [-0.05, 0) is 62.4 Å². The number of benzene rings is 2. The van der Waals surface area contributed by atoms with Gasteiger partial charge < -0.3 is 14.8 Å². The zero-order chi connectivity index (χ0) is 21.5. The lowest BCUT2D eigenvalue weighted by Gasteiger charge is -2.25. The number of sulfonamides is 1. The number of hydrogen-bond acceptors (Lipinski definition) is 5. The summed E-state index contributed by atoms with van der Waals surface area (Å²) < 4.78 is 38.9.